The van der Waals surface area contributed by atoms with Gasteiger partial charge in [-0.2, -0.15) is 0 Å². The van der Waals surface area contributed by atoms with E-state index in [1.165, 1.54) is 0 Å². The molecule has 122 valence electrons. The lowest BCUT2D eigenvalue weighted by Gasteiger charge is -2.32. The topological polar surface area (TPSA) is 89.2 Å². The van der Waals surface area contributed by atoms with E-state index in [4.69, 9.17) is 5.14 Å². The van der Waals surface area contributed by atoms with Crippen molar-refractivity contribution in [2.45, 2.75) is 30.6 Å². The molecule has 2 heterocycles. The van der Waals surface area contributed by atoms with Crippen molar-refractivity contribution in [2.24, 2.45) is 5.14 Å². The molecule has 2 aromatic rings. The number of nitrogens with two attached hydrogens (primary N) is 1. The van der Waals surface area contributed by atoms with Gasteiger partial charge >= 0.3 is 0 Å². The molecule has 0 aliphatic carbocycles. The number of aromatic nitrogens is 2. The Bertz CT molecular complexity index is 782. The van der Waals surface area contributed by atoms with Crippen LogP contribution in [-0.2, 0) is 10.0 Å². The van der Waals surface area contributed by atoms with Crippen LogP contribution in [0.3, 0.4) is 0 Å². The van der Waals surface area contributed by atoms with Crippen LogP contribution >= 0.6 is 0 Å². The quantitative estimate of drug-likeness (QED) is 0.926. The lowest BCUT2D eigenvalue weighted by atomic mass is 9.89. The number of primary sulfonamides is 1. The van der Waals surface area contributed by atoms with E-state index in [0.717, 1.165) is 43.1 Å². The van der Waals surface area contributed by atoms with Gasteiger partial charge in [0.05, 0.1) is 4.90 Å². The second-order valence-electron chi connectivity index (χ2n) is 5.87. The summed E-state index contributed by atoms with van der Waals surface area (Å²) in [7, 11) is -3.62. The van der Waals surface area contributed by atoms with Gasteiger partial charge < -0.3 is 4.90 Å². The van der Waals surface area contributed by atoms with E-state index in [1.807, 2.05) is 25.1 Å². The molecule has 7 heteroatoms. The van der Waals surface area contributed by atoms with Crippen molar-refractivity contribution in [2.75, 3.05) is 18.0 Å². The molecule has 1 aromatic heterocycles. The van der Waals surface area contributed by atoms with Gasteiger partial charge in [0.2, 0.25) is 16.0 Å². The van der Waals surface area contributed by atoms with Crippen molar-refractivity contribution in [3.63, 3.8) is 0 Å². The summed E-state index contributed by atoms with van der Waals surface area (Å²) in [6, 6.07) is 8.79. The lowest BCUT2D eigenvalue weighted by molar-refractivity contribution is 0.499. The Labute approximate surface area is 136 Å². The van der Waals surface area contributed by atoms with Crippen LogP contribution in [0, 0.1) is 6.92 Å². The molecule has 0 atom stereocenters. The number of hydrogen-bond acceptors (Lipinski definition) is 5. The minimum absolute atomic E-state index is 0.159. The molecule has 1 fully saturated rings. The van der Waals surface area contributed by atoms with E-state index < -0.39 is 10.0 Å². The highest BCUT2D eigenvalue weighted by Gasteiger charge is 2.22. The predicted molar refractivity (Wildman–Crippen MR) is 88.8 cm³/mol. The second kappa shape index (κ2) is 6.25. The largest absolute Gasteiger partial charge is 0.341 e. The van der Waals surface area contributed by atoms with Crippen LogP contribution in [0.1, 0.15) is 30.0 Å². The average Bonchev–Trinajstić information content (AvgIpc) is 2.54. The Hall–Kier alpha value is -1.99. The summed E-state index contributed by atoms with van der Waals surface area (Å²) in [5.74, 6) is 1.21. The first-order valence-electron chi connectivity index (χ1n) is 7.61. The summed E-state index contributed by atoms with van der Waals surface area (Å²) >= 11 is 0. The number of aryl methyl sites for hydroxylation is 1. The first-order chi connectivity index (χ1) is 10.9. The highest BCUT2D eigenvalue weighted by Crippen LogP contribution is 2.29. The maximum Gasteiger partial charge on any atom is 0.238 e. The van der Waals surface area contributed by atoms with Gasteiger partial charge in [0, 0.05) is 25.0 Å². The fourth-order valence-electron chi connectivity index (χ4n) is 2.93. The van der Waals surface area contributed by atoms with Crippen molar-refractivity contribution in [1.82, 2.24) is 9.97 Å². The van der Waals surface area contributed by atoms with E-state index in [2.05, 4.69) is 14.9 Å². The zero-order valence-corrected chi connectivity index (χ0v) is 13.8. The molecule has 0 saturated carbocycles. The average molecular weight is 332 g/mol. The van der Waals surface area contributed by atoms with Crippen LogP contribution < -0.4 is 10.0 Å². The fraction of sp³-hybridized carbons (Fsp3) is 0.375. The van der Waals surface area contributed by atoms with E-state index in [0.29, 0.717) is 5.92 Å². The molecule has 1 aromatic carbocycles. The SMILES string of the molecule is Cc1ccnc(N2CCC(c3ccc(S(N)(=O)=O)cc3)CC2)n1. The van der Waals surface area contributed by atoms with E-state index in [-0.39, 0.29) is 4.90 Å². The van der Waals surface area contributed by atoms with Gasteiger partial charge in [-0.3, -0.25) is 0 Å². The maximum absolute atomic E-state index is 11.3. The molecule has 3 rings (SSSR count). The van der Waals surface area contributed by atoms with Crippen LogP contribution in [0.5, 0.6) is 0 Å². The molecule has 0 unspecified atom stereocenters. The van der Waals surface area contributed by atoms with Gasteiger partial charge in [-0.1, -0.05) is 12.1 Å². The predicted octanol–water partition coefficient (Wildman–Crippen LogP) is 1.82. The highest BCUT2D eigenvalue weighted by atomic mass is 32.2. The summed E-state index contributed by atoms with van der Waals surface area (Å²) in [6.45, 7) is 3.75. The number of rotatable bonds is 3. The molecule has 0 spiro atoms. The van der Waals surface area contributed by atoms with Gasteiger partial charge in [0.25, 0.3) is 0 Å². The Balaban J connectivity index is 1.67. The van der Waals surface area contributed by atoms with Gasteiger partial charge in [0.1, 0.15) is 0 Å². The molecule has 1 aliphatic rings. The molecular weight excluding hydrogens is 312 g/mol. The molecule has 2 N–H and O–H groups in total. The minimum atomic E-state index is -3.62. The molecule has 0 amide bonds. The number of hydrogen-bond donors (Lipinski definition) is 1. The van der Waals surface area contributed by atoms with Crippen molar-refractivity contribution < 1.29 is 8.42 Å². The van der Waals surface area contributed by atoms with Crippen LogP contribution in [0.25, 0.3) is 0 Å². The summed E-state index contributed by atoms with van der Waals surface area (Å²) in [6.07, 6.45) is 3.77. The van der Waals surface area contributed by atoms with Crippen molar-refractivity contribution in [3.8, 4) is 0 Å². The zero-order valence-electron chi connectivity index (χ0n) is 13.0. The first-order valence-corrected chi connectivity index (χ1v) is 9.15. The van der Waals surface area contributed by atoms with Gasteiger partial charge in [0.15, 0.2) is 0 Å². The highest BCUT2D eigenvalue weighted by molar-refractivity contribution is 7.89. The normalized spacial score (nSPS) is 16.5. The van der Waals surface area contributed by atoms with Crippen molar-refractivity contribution >= 4 is 16.0 Å². The first kappa shape index (κ1) is 15.9. The second-order valence-corrected chi connectivity index (χ2v) is 7.43. The third-order valence-electron chi connectivity index (χ3n) is 4.24. The van der Waals surface area contributed by atoms with Gasteiger partial charge in [-0.25, -0.2) is 23.5 Å². The van der Waals surface area contributed by atoms with Crippen LogP contribution in [0.15, 0.2) is 41.4 Å². The van der Waals surface area contributed by atoms with E-state index in [9.17, 15) is 8.42 Å². The standard InChI is InChI=1S/C16H20N4O2S/c1-12-6-9-18-16(19-12)20-10-7-14(8-11-20)13-2-4-15(5-3-13)23(17,21)22/h2-6,9,14H,7-8,10-11H2,1H3,(H2,17,21,22). The molecule has 6 nitrogen and oxygen atoms in total. The Kier molecular flexibility index (Phi) is 4.32. The Morgan fingerprint density at radius 1 is 1.13 bits per heavy atom. The maximum atomic E-state index is 11.3. The number of sulfonamides is 1. The summed E-state index contributed by atoms with van der Waals surface area (Å²) in [5.41, 5.74) is 2.12. The van der Waals surface area contributed by atoms with Crippen molar-refractivity contribution in [1.29, 1.82) is 0 Å². The number of piperidine rings is 1. The van der Waals surface area contributed by atoms with Gasteiger partial charge in [-0.15, -0.1) is 0 Å². The van der Waals surface area contributed by atoms with Crippen LogP contribution in [0.2, 0.25) is 0 Å². The summed E-state index contributed by atoms with van der Waals surface area (Å²) in [4.78, 5) is 11.2. The molecule has 0 radical (unpaired) electrons. The summed E-state index contributed by atoms with van der Waals surface area (Å²) in [5, 5.41) is 5.13. The fourth-order valence-corrected chi connectivity index (χ4v) is 3.45. The number of benzene rings is 1. The minimum Gasteiger partial charge on any atom is -0.341 e. The van der Waals surface area contributed by atoms with E-state index >= 15 is 0 Å². The van der Waals surface area contributed by atoms with Crippen LogP contribution in [-0.4, -0.2) is 31.5 Å². The zero-order chi connectivity index (χ0) is 16.4. The molecular formula is C16H20N4O2S. The molecule has 0 bridgehead atoms. The van der Waals surface area contributed by atoms with Crippen molar-refractivity contribution in [3.05, 3.63) is 47.8 Å². The number of nitrogens with zero attached hydrogens (tertiary/aromatic N) is 3. The summed E-state index contributed by atoms with van der Waals surface area (Å²) < 4.78 is 22.6. The van der Waals surface area contributed by atoms with Gasteiger partial charge in [-0.05, 0) is 49.4 Å². The molecule has 1 saturated heterocycles. The Morgan fingerprint density at radius 3 is 2.35 bits per heavy atom. The van der Waals surface area contributed by atoms with E-state index in [1.54, 1.807) is 18.3 Å². The monoisotopic (exact) mass is 332 g/mol. The Morgan fingerprint density at radius 2 is 1.78 bits per heavy atom. The van der Waals surface area contributed by atoms with Crippen LogP contribution in [0.4, 0.5) is 5.95 Å². The molecule has 1 aliphatic heterocycles. The smallest absolute Gasteiger partial charge is 0.238 e. The number of anilines is 1. The molecule has 23 heavy (non-hydrogen) atoms. The lowest BCUT2D eigenvalue weighted by Crippen LogP contribution is -2.34. The third kappa shape index (κ3) is 3.68. The third-order valence-corrected chi connectivity index (χ3v) is 5.17.